The van der Waals surface area contributed by atoms with Crippen LogP contribution >= 0.6 is 15.9 Å². The van der Waals surface area contributed by atoms with Crippen molar-refractivity contribution in [1.29, 1.82) is 0 Å². The molecule has 1 aromatic rings. The second-order valence-corrected chi connectivity index (χ2v) is 4.26. The minimum absolute atomic E-state index is 0.746. The third-order valence-electron chi connectivity index (χ3n) is 2.16. The first-order valence-corrected chi connectivity index (χ1v) is 6.08. The van der Waals surface area contributed by atoms with Gasteiger partial charge < -0.3 is 5.73 Å². The molecule has 1 aromatic carbocycles. The van der Waals surface area contributed by atoms with Gasteiger partial charge in [-0.25, -0.2) is 0 Å². The molecule has 2 N–H and O–H groups in total. The predicted octanol–water partition coefficient (Wildman–Crippen LogP) is 3.96. The first-order chi connectivity index (χ1) is 7.25. The summed E-state index contributed by atoms with van der Waals surface area (Å²) in [5, 5.41) is 0. The lowest BCUT2D eigenvalue weighted by atomic mass is 10.1. The monoisotopic (exact) mass is 265 g/mol. The molecular formula is C13H16BrN. The molecule has 0 saturated heterocycles. The SMILES string of the molecule is CCCCCC#Cc1cccc(N)c1Br. The van der Waals surface area contributed by atoms with Gasteiger partial charge in [-0.2, -0.15) is 0 Å². The van der Waals surface area contributed by atoms with Gasteiger partial charge >= 0.3 is 0 Å². The Bertz CT molecular complexity index is 374. The Hall–Kier alpha value is -0.940. The molecule has 0 bridgehead atoms. The van der Waals surface area contributed by atoms with E-state index in [1.54, 1.807) is 0 Å². The van der Waals surface area contributed by atoms with Gasteiger partial charge in [0.05, 0.1) is 4.47 Å². The maximum absolute atomic E-state index is 5.76. The molecule has 0 aliphatic carbocycles. The summed E-state index contributed by atoms with van der Waals surface area (Å²) in [5.74, 6) is 6.30. The summed E-state index contributed by atoms with van der Waals surface area (Å²) < 4.78 is 0.910. The zero-order valence-corrected chi connectivity index (χ0v) is 10.6. The fourth-order valence-corrected chi connectivity index (χ4v) is 1.63. The standard InChI is InChI=1S/C13H16BrN/c1-2-3-4-5-6-8-11-9-7-10-12(15)13(11)14/h7,9-10H,2-5,15H2,1H3. The van der Waals surface area contributed by atoms with Crippen molar-refractivity contribution >= 4 is 21.6 Å². The number of unbranched alkanes of at least 4 members (excludes halogenated alkanes) is 3. The number of hydrogen-bond acceptors (Lipinski definition) is 1. The average molecular weight is 266 g/mol. The van der Waals surface area contributed by atoms with E-state index < -0.39 is 0 Å². The molecular weight excluding hydrogens is 250 g/mol. The van der Waals surface area contributed by atoms with Crippen molar-refractivity contribution in [3.8, 4) is 11.8 Å². The maximum Gasteiger partial charge on any atom is 0.0561 e. The number of rotatable bonds is 3. The lowest BCUT2D eigenvalue weighted by molar-refractivity contribution is 0.737. The molecule has 2 heteroatoms. The molecule has 0 atom stereocenters. The molecule has 0 spiro atoms. The fraction of sp³-hybridized carbons (Fsp3) is 0.385. The predicted molar refractivity (Wildman–Crippen MR) is 69.6 cm³/mol. The molecule has 0 aliphatic heterocycles. The van der Waals surface area contributed by atoms with E-state index in [1.165, 1.54) is 19.3 Å². The van der Waals surface area contributed by atoms with Crippen molar-refractivity contribution in [2.45, 2.75) is 32.6 Å². The minimum atomic E-state index is 0.746. The zero-order chi connectivity index (χ0) is 11.1. The van der Waals surface area contributed by atoms with Crippen molar-refractivity contribution in [3.05, 3.63) is 28.2 Å². The molecule has 0 heterocycles. The first kappa shape index (κ1) is 12.1. The highest BCUT2D eigenvalue weighted by molar-refractivity contribution is 9.10. The van der Waals surface area contributed by atoms with Crippen molar-refractivity contribution < 1.29 is 0 Å². The molecule has 0 radical (unpaired) electrons. The van der Waals surface area contributed by atoms with Crippen LogP contribution in [-0.4, -0.2) is 0 Å². The van der Waals surface area contributed by atoms with E-state index in [1.807, 2.05) is 18.2 Å². The summed E-state index contributed by atoms with van der Waals surface area (Å²) in [6.45, 7) is 2.20. The summed E-state index contributed by atoms with van der Waals surface area (Å²) in [5.41, 5.74) is 7.48. The number of anilines is 1. The number of benzene rings is 1. The van der Waals surface area contributed by atoms with E-state index in [0.717, 1.165) is 22.1 Å². The van der Waals surface area contributed by atoms with Crippen molar-refractivity contribution in [2.24, 2.45) is 0 Å². The number of nitrogen functional groups attached to an aromatic ring is 1. The molecule has 0 amide bonds. The smallest absolute Gasteiger partial charge is 0.0561 e. The minimum Gasteiger partial charge on any atom is -0.398 e. The highest BCUT2D eigenvalue weighted by Gasteiger charge is 1.98. The van der Waals surface area contributed by atoms with Crippen LogP contribution in [0, 0.1) is 11.8 Å². The van der Waals surface area contributed by atoms with Crippen LogP contribution in [-0.2, 0) is 0 Å². The van der Waals surface area contributed by atoms with E-state index in [4.69, 9.17) is 5.73 Å². The molecule has 1 rings (SSSR count). The Morgan fingerprint density at radius 3 is 2.87 bits per heavy atom. The van der Waals surface area contributed by atoms with Crippen molar-refractivity contribution in [3.63, 3.8) is 0 Å². The second kappa shape index (κ2) is 6.53. The molecule has 0 aliphatic rings. The van der Waals surface area contributed by atoms with Crippen LogP contribution in [0.3, 0.4) is 0 Å². The van der Waals surface area contributed by atoms with E-state index in [9.17, 15) is 0 Å². The number of halogens is 1. The highest BCUT2D eigenvalue weighted by Crippen LogP contribution is 2.22. The van der Waals surface area contributed by atoms with E-state index >= 15 is 0 Å². The number of hydrogen-bond donors (Lipinski definition) is 1. The normalized spacial score (nSPS) is 9.47. The topological polar surface area (TPSA) is 26.0 Å². The number of nitrogens with two attached hydrogens (primary N) is 1. The van der Waals surface area contributed by atoms with Crippen LogP contribution < -0.4 is 5.73 Å². The van der Waals surface area contributed by atoms with Gasteiger partial charge in [-0.1, -0.05) is 37.7 Å². The van der Waals surface area contributed by atoms with E-state index in [2.05, 4.69) is 34.7 Å². The fourth-order valence-electron chi connectivity index (χ4n) is 1.27. The second-order valence-electron chi connectivity index (χ2n) is 3.47. The Kier molecular flexibility index (Phi) is 5.28. The summed E-state index contributed by atoms with van der Waals surface area (Å²) in [4.78, 5) is 0. The Balaban J connectivity index is 2.60. The van der Waals surface area contributed by atoms with Crippen molar-refractivity contribution in [2.75, 3.05) is 5.73 Å². The van der Waals surface area contributed by atoms with Gasteiger partial charge in [0.1, 0.15) is 0 Å². The van der Waals surface area contributed by atoms with Gasteiger partial charge in [-0.15, -0.1) is 0 Å². The molecule has 0 fully saturated rings. The summed E-state index contributed by atoms with van der Waals surface area (Å²) in [6.07, 6.45) is 4.65. The summed E-state index contributed by atoms with van der Waals surface area (Å²) in [6, 6.07) is 5.77. The molecule has 0 saturated carbocycles. The molecule has 15 heavy (non-hydrogen) atoms. The average Bonchev–Trinajstić information content (AvgIpc) is 2.24. The maximum atomic E-state index is 5.76. The Morgan fingerprint density at radius 2 is 2.13 bits per heavy atom. The van der Waals surface area contributed by atoms with Crippen LogP contribution in [0.1, 0.15) is 38.2 Å². The van der Waals surface area contributed by atoms with Gasteiger partial charge in [-0.05, 0) is 34.5 Å². The van der Waals surface area contributed by atoms with Gasteiger partial charge in [-0.3, -0.25) is 0 Å². The zero-order valence-electron chi connectivity index (χ0n) is 9.02. The third-order valence-corrected chi connectivity index (χ3v) is 3.04. The molecule has 0 aromatic heterocycles. The van der Waals surface area contributed by atoms with Gasteiger partial charge in [0.15, 0.2) is 0 Å². The summed E-state index contributed by atoms with van der Waals surface area (Å²) in [7, 11) is 0. The quantitative estimate of drug-likeness (QED) is 0.500. The molecule has 0 unspecified atom stereocenters. The van der Waals surface area contributed by atoms with Crippen LogP contribution in [0.4, 0.5) is 5.69 Å². The largest absolute Gasteiger partial charge is 0.398 e. The van der Waals surface area contributed by atoms with Crippen LogP contribution in [0.5, 0.6) is 0 Å². The lowest BCUT2D eigenvalue weighted by Gasteiger charge is -1.99. The van der Waals surface area contributed by atoms with Crippen LogP contribution in [0.2, 0.25) is 0 Å². The summed E-state index contributed by atoms with van der Waals surface area (Å²) >= 11 is 3.44. The molecule has 80 valence electrons. The Labute approximate surface area is 100 Å². The van der Waals surface area contributed by atoms with Crippen LogP contribution in [0.25, 0.3) is 0 Å². The molecule has 1 nitrogen and oxygen atoms in total. The Morgan fingerprint density at radius 1 is 1.33 bits per heavy atom. The van der Waals surface area contributed by atoms with E-state index in [-0.39, 0.29) is 0 Å². The first-order valence-electron chi connectivity index (χ1n) is 5.28. The lowest BCUT2D eigenvalue weighted by Crippen LogP contribution is -1.88. The van der Waals surface area contributed by atoms with Gasteiger partial charge in [0.2, 0.25) is 0 Å². The van der Waals surface area contributed by atoms with Gasteiger partial charge in [0, 0.05) is 17.7 Å². The highest BCUT2D eigenvalue weighted by atomic mass is 79.9. The third kappa shape index (κ3) is 3.97. The van der Waals surface area contributed by atoms with Gasteiger partial charge in [0.25, 0.3) is 0 Å². The van der Waals surface area contributed by atoms with Crippen molar-refractivity contribution in [1.82, 2.24) is 0 Å². The van der Waals surface area contributed by atoms with E-state index in [0.29, 0.717) is 0 Å². The van der Waals surface area contributed by atoms with Crippen LogP contribution in [0.15, 0.2) is 22.7 Å².